The average Bonchev–Trinajstić information content (AvgIpc) is 2.59. The largest absolute Gasteiger partial charge is 0.507 e. The van der Waals surface area contributed by atoms with Gasteiger partial charge in [0.2, 0.25) is 0 Å². The first-order chi connectivity index (χ1) is 12.6. The summed E-state index contributed by atoms with van der Waals surface area (Å²) in [6.07, 6.45) is 1.80. The molecule has 0 aliphatic carbocycles. The van der Waals surface area contributed by atoms with E-state index in [2.05, 4.69) is 76.1 Å². The van der Waals surface area contributed by atoms with Crippen molar-refractivity contribution in [3.8, 4) is 16.9 Å². The van der Waals surface area contributed by atoms with Gasteiger partial charge in [-0.1, -0.05) is 45.0 Å². The van der Waals surface area contributed by atoms with E-state index in [1.54, 1.807) is 6.20 Å². The Morgan fingerprint density at radius 1 is 0.897 bits per heavy atom. The van der Waals surface area contributed by atoms with Crippen LogP contribution < -0.4 is 5.32 Å². The first-order valence-corrected chi connectivity index (χ1v) is 9.52. The van der Waals surface area contributed by atoms with Gasteiger partial charge in [0.25, 0.3) is 0 Å². The lowest BCUT2D eigenvalue weighted by Gasteiger charge is -2.25. The molecule has 29 heavy (non-hydrogen) atoms. The van der Waals surface area contributed by atoms with Gasteiger partial charge in [-0.15, -0.1) is 24.8 Å². The molecule has 0 saturated carbocycles. The van der Waals surface area contributed by atoms with E-state index >= 15 is 0 Å². The number of rotatable bonds is 3. The topological polar surface area (TPSA) is 45.2 Å². The predicted octanol–water partition coefficient (Wildman–Crippen LogP) is 6.64. The normalized spacial score (nSPS) is 11.7. The molecule has 0 atom stereocenters. The number of aromatic nitrogens is 1. The van der Waals surface area contributed by atoms with Crippen LogP contribution in [0.2, 0.25) is 0 Å². The number of nitrogens with zero attached hydrogens (tertiary/aromatic N) is 1. The Morgan fingerprint density at radius 3 is 2.21 bits per heavy atom. The Balaban J connectivity index is 0.00000210. The van der Waals surface area contributed by atoms with E-state index in [4.69, 9.17) is 0 Å². The summed E-state index contributed by atoms with van der Waals surface area (Å²) in [5, 5.41) is 15.7. The van der Waals surface area contributed by atoms with Gasteiger partial charge < -0.3 is 10.4 Å². The number of fused-ring (bicyclic) bond motifs is 1. The van der Waals surface area contributed by atoms with E-state index in [1.807, 2.05) is 18.2 Å². The van der Waals surface area contributed by atoms with Crippen molar-refractivity contribution in [2.75, 3.05) is 0 Å². The molecule has 0 aliphatic rings. The van der Waals surface area contributed by atoms with Gasteiger partial charge in [-0.05, 0) is 55.5 Å². The fourth-order valence-corrected chi connectivity index (χ4v) is 3.17. The summed E-state index contributed by atoms with van der Waals surface area (Å²) in [6.45, 7) is 13.6. The highest BCUT2D eigenvalue weighted by atomic mass is 35.5. The fraction of sp³-hybridized carbons (Fsp3) is 0.375. The molecule has 2 aromatic carbocycles. The molecule has 0 radical (unpaired) electrons. The Kier molecular flexibility index (Phi) is 8.12. The molecule has 2 N–H and O–H groups in total. The van der Waals surface area contributed by atoms with Crippen LogP contribution in [0.1, 0.15) is 52.7 Å². The van der Waals surface area contributed by atoms with Crippen LogP contribution in [0, 0.1) is 0 Å². The maximum absolute atomic E-state index is 11.1. The monoisotopic (exact) mass is 434 g/mol. The summed E-state index contributed by atoms with van der Waals surface area (Å²) >= 11 is 0. The van der Waals surface area contributed by atoms with Crippen molar-refractivity contribution < 1.29 is 5.11 Å². The Morgan fingerprint density at radius 2 is 1.59 bits per heavy atom. The average molecular weight is 435 g/mol. The maximum atomic E-state index is 11.1. The zero-order valence-electron chi connectivity index (χ0n) is 18.0. The number of benzene rings is 2. The lowest BCUT2D eigenvalue weighted by atomic mass is 9.83. The smallest absolute Gasteiger partial charge is 0.127 e. The standard InChI is InChI=1S/C24H30N2O.2ClH/c1-23(2,3)17-13-16(15-26-24(4,5)6)22(27)20(14-17)18-9-7-11-21-19(18)10-8-12-25-21;;/h7-14,26-27H,15H2,1-6H3;2*1H. The third kappa shape index (κ3) is 5.85. The lowest BCUT2D eigenvalue weighted by molar-refractivity contribution is 0.411. The van der Waals surface area contributed by atoms with Crippen LogP contribution in [0.3, 0.4) is 0 Å². The SMILES string of the molecule is CC(C)(C)NCc1cc(C(C)(C)C)cc(-c2cccc3ncccc23)c1O.Cl.Cl. The summed E-state index contributed by atoms with van der Waals surface area (Å²) in [4.78, 5) is 4.47. The summed E-state index contributed by atoms with van der Waals surface area (Å²) in [5.41, 5.74) is 4.92. The zero-order valence-corrected chi connectivity index (χ0v) is 19.7. The number of hydrogen-bond donors (Lipinski definition) is 2. The second-order valence-electron chi connectivity index (χ2n) is 9.26. The van der Waals surface area contributed by atoms with Crippen molar-refractivity contribution in [1.82, 2.24) is 10.3 Å². The molecule has 158 valence electrons. The minimum atomic E-state index is -0.0201. The van der Waals surface area contributed by atoms with Crippen molar-refractivity contribution in [2.24, 2.45) is 0 Å². The van der Waals surface area contributed by atoms with Crippen LogP contribution in [0.25, 0.3) is 22.0 Å². The maximum Gasteiger partial charge on any atom is 0.127 e. The molecule has 3 rings (SSSR count). The number of nitrogens with one attached hydrogen (secondary N) is 1. The molecule has 0 saturated heterocycles. The third-order valence-electron chi connectivity index (χ3n) is 4.80. The van der Waals surface area contributed by atoms with E-state index < -0.39 is 0 Å². The highest BCUT2D eigenvalue weighted by molar-refractivity contribution is 5.96. The van der Waals surface area contributed by atoms with Crippen molar-refractivity contribution in [1.29, 1.82) is 0 Å². The van der Waals surface area contributed by atoms with Gasteiger partial charge in [-0.2, -0.15) is 0 Å². The minimum Gasteiger partial charge on any atom is -0.507 e. The Bertz CT molecular complexity index is 968. The van der Waals surface area contributed by atoms with E-state index in [-0.39, 0.29) is 35.8 Å². The lowest BCUT2D eigenvalue weighted by Crippen LogP contribution is -2.35. The molecule has 3 nitrogen and oxygen atoms in total. The summed E-state index contributed by atoms with van der Waals surface area (Å²) in [7, 11) is 0. The first kappa shape index (κ1) is 25.2. The number of phenolic OH excluding ortho intramolecular Hbond substituents is 1. The van der Waals surface area contributed by atoms with Gasteiger partial charge in [-0.25, -0.2) is 0 Å². The van der Waals surface area contributed by atoms with Gasteiger partial charge in [0.1, 0.15) is 5.75 Å². The number of hydrogen-bond acceptors (Lipinski definition) is 3. The van der Waals surface area contributed by atoms with E-state index in [9.17, 15) is 5.11 Å². The van der Waals surface area contributed by atoms with Gasteiger partial charge in [0, 0.05) is 34.8 Å². The molecule has 0 fully saturated rings. The molecule has 3 aromatic rings. The van der Waals surface area contributed by atoms with E-state index in [1.165, 1.54) is 5.56 Å². The first-order valence-electron chi connectivity index (χ1n) is 9.52. The number of aromatic hydroxyl groups is 1. The number of halogens is 2. The van der Waals surface area contributed by atoms with Crippen molar-refractivity contribution >= 4 is 35.7 Å². The molecular formula is C24H32Cl2N2O. The van der Waals surface area contributed by atoms with E-state index in [0.29, 0.717) is 12.3 Å². The van der Waals surface area contributed by atoms with Gasteiger partial charge in [0.15, 0.2) is 0 Å². The molecule has 5 heteroatoms. The van der Waals surface area contributed by atoms with E-state index in [0.717, 1.165) is 27.6 Å². The zero-order chi connectivity index (χ0) is 19.8. The fourth-order valence-electron chi connectivity index (χ4n) is 3.17. The van der Waals surface area contributed by atoms with Crippen LogP contribution in [0.5, 0.6) is 5.75 Å². The molecule has 1 heterocycles. The van der Waals surface area contributed by atoms with Crippen LogP contribution in [-0.2, 0) is 12.0 Å². The number of phenols is 1. The minimum absolute atomic E-state index is 0. The highest BCUT2D eigenvalue weighted by Crippen LogP contribution is 2.39. The molecule has 0 bridgehead atoms. The summed E-state index contributed by atoms with van der Waals surface area (Å²) < 4.78 is 0. The quantitative estimate of drug-likeness (QED) is 0.485. The van der Waals surface area contributed by atoms with Crippen molar-refractivity contribution in [3.05, 3.63) is 59.8 Å². The third-order valence-corrected chi connectivity index (χ3v) is 4.80. The molecule has 0 amide bonds. The molecule has 0 spiro atoms. The summed E-state index contributed by atoms with van der Waals surface area (Å²) in [6, 6.07) is 14.3. The number of pyridine rings is 1. The van der Waals surface area contributed by atoms with Crippen LogP contribution >= 0.6 is 24.8 Å². The van der Waals surface area contributed by atoms with Crippen LogP contribution in [-0.4, -0.2) is 15.6 Å². The second kappa shape index (κ2) is 9.34. The van der Waals surface area contributed by atoms with Gasteiger partial charge in [-0.3, -0.25) is 4.98 Å². The predicted molar refractivity (Wildman–Crippen MR) is 129 cm³/mol. The highest BCUT2D eigenvalue weighted by Gasteiger charge is 2.21. The van der Waals surface area contributed by atoms with Gasteiger partial charge in [0.05, 0.1) is 5.52 Å². The van der Waals surface area contributed by atoms with Crippen molar-refractivity contribution in [3.63, 3.8) is 0 Å². The Hall–Kier alpha value is -1.81. The van der Waals surface area contributed by atoms with Crippen molar-refractivity contribution in [2.45, 2.75) is 59.0 Å². The Labute approximate surface area is 186 Å². The summed E-state index contributed by atoms with van der Waals surface area (Å²) in [5.74, 6) is 0.344. The second-order valence-corrected chi connectivity index (χ2v) is 9.26. The van der Waals surface area contributed by atoms with Crippen LogP contribution in [0.15, 0.2) is 48.7 Å². The molecule has 0 unspecified atom stereocenters. The van der Waals surface area contributed by atoms with Gasteiger partial charge >= 0.3 is 0 Å². The molecule has 1 aromatic heterocycles. The molecule has 0 aliphatic heterocycles. The van der Waals surface area contributed by atoms with Crippen LogP contribution in [0.4, 0.5) is 0 Å². The molecular weight excluding hydrogens is 403 g/mol.